The van der Waals surface area contributed by atoms with Crippen LogP contribution in [-0.4, -0.2) is 155 Å². The summed E-state index contributed by atoms with van der Waals surface area (Å²) >= 11 is 0. The van der Waals surface area contributed by atoms with Gasteiger partial charge in [0.25, 0.3) is 0 Å². The molecule has 8 saturated heterocycles. The monoisotopic (exact) mass is 1310 g/mol. The first-order chi connectivity index (χ1) is 47.4. The molecule has 0 N–H and O–H groups in total. The van der Waals surface area contributed by atoms with Crippen molar-refractivity contribution in [2.75, 3.05) is 106 Å². The maximum Gasteiger partial charge on any atom is 0.123 e. The minimum atomic E-state index is -0.459. The van der Waals surface area contributed by atoms with Crippen LogP contribution in [0.2, 0.25) is 0 Å². The van der Waals surface area contributed by atoms with Gasteiger partial charge in [-0.1, -0.05) is 104 Å². The van der Waals surface area contributed by atoms with Crippen LogP contribution in [0.4, 0.5) is 0 Å². The molecule has 0 radical (unpaired) electrons. The van der Waals surface area contributed by atoms with Crippen molar-refractivity contribution in [2.24, 2.45) is 0 Å². The van der Waals surface area contributed by atoms with Gasteiger partial charge in [-0.05, 0) is 153 Å². The van der Waals surface area contributed by atoms with Gasteiger partial charge in [0.2, 0.25) is 0 Å². The fourth-order valence-corrected chi connectivity index (χ4v) is 12.1. The van der Waals surface area contributed by atoms with Gasteiger partial charge in [-0.25, -0.2) is 0 Å². The fourth-order valence-electron chi connectivity index (χ4n) is 12.1. The lowest BCUT2D eigenvalue weighted by Crippen LogP contribution is -2.14. The van der Waals surface area contributed by atoms with Crippen LogP contribution < -0.4 is 37.9 Å². The largest absolute Gasteiger partial charge is 0.491 e. The van der Waals surface area contributed by atoms with E-state index in [0.717, 1.165) is 150 Å². The molecule has 0 bridgehead atoms. The molecule has 17 rings (SSSR count). The van der Waals surface area contributed by atoms with Crippen LogP contribution >= 0.6 is 0 Å². The van der Waals surface area contributed by atoms with E-state index in [9.17, 15) is 0 Å². The summed E-state index contributed by atoms with van der Waals surface area (Å²) in [6, 6.07) is 68.2. The topological polar surface area (TPSA) is 174 Å². The normalized spacial score (nSPS) is 22.4. The van der Waals surface area contributed by atoms with E-state index in [1.165, 1.54) is 0 Å². The Kier molecular flexibility index (Phi) is 18.3. The van der Waals surface area contributed by atoms with Crippen molar-refractivity contribution < 1.29 is 75.8 Å². The highest BCUT2D eigenvalue weighted by atomic mass is 16.6. The maximum absolute atomic E-state index is 6.91. The summed E-state index contributed by atoms with van der Waals surface area (Å²) in [4.78, 5) is 0. The Morgan fingerprint density at radius 3 is 0.588 bits per heavy atom. The molecule has 8 atom stereocenters. The van der Waals surface area contributed by atoms with E-state index in [1.54, 1.807) is 0 Å². The van der Waals surface area contributed by atoms with Crippen molar-refractivity contribution in [1.82, 2.24) is 0 Å². The molecule has 8 fully saturated rings. The Bertz CT molecular complexity index is 3630. The summed E-state index contributed by atoms with van der Waals surface area (Å²) < 4.78 is 97.0. The Balaban J connectivity index is 0.00000738. The van der Waals surface area contributed by atoms with Gasteiger partial charge in [0.1, 0.15) is 148 Å². The minimum Gasteiger partial charge on any atom is -0.491 e. The lowest BCUT2D eigenvalue weighted by atomic mass is 9.79. The van der Waals surface area contributed by atoms with Crippen molar-refractivity contribution in [1.29, 1.82) is 0 Å². The lowest BCUT2D eigenvalue weighted by molar-refractivity contribution is 0.258. The molecule has 9 aromatic carbocycles. The molecule has 16 nitrogen and oxygen atoms in total. The lowest BCUT2D eigenvalue weighted by Gasteiger charge is -2.28. The van der Waals surface area contributed by atoms with Gasteiger partial charge in [-0.15, -0.1) is 0 Å². The molecule has 8 heterocycles. The predicted molar refractivity (Wildman–Crippen MR) is 364 cm³/mol. The standard InChI is InChI=1S/C80H74O16.CH4/c1-2-54(80(73-31-57(15-27-77(73)95-47-69-43-91-69)51-9-21-61(22-10-51)83-35-65-39-87-65)74-32-58(16-28-78(74)96-48-70-44-92-70)52-11-23-62(24-12-52)84-36-66-40-88-66)4-3-53(1)79(71-29-55(13-25-75(71)93-45-67-41-89-67)49-5-17-59(18-6-49)81-33-63-37-85-63)72-30-56(14-26-76(72)94-46-68-42-90-68)50-7-19-60(20-8-50)82-34-64-38-86-64;/h1-32,63-70,79-80H,33-48H2;1H4. The van der Waals surface area contributed by atoms with Gasteiger partial charge < -0.3 is 75.8 Å². The first-order valence-electron chi connectivity index (χ1n) is 33.5. The molecule has 0 aromatic heterocycles. The molecule has 0 amide bonds. The van der Waals surface area contributed by atoms with Crippen LogP contribution in [0.5, 0.6) is 46.0 Å². The summed E-state index contributed by atoms with van der Waals surface area (Å²) in [5.74, 6) is 5.16. The summed E-state index contributed by atoms with van der Waals surface area (Å²) in [5, 5.41) is 0. The van der Waals surface area contributed by atoms with Crippen LogP contribution in [0.15, 0.2) is 194 Å². The van der Waals surface area contributed by atoms with Crippen molar-refractivity contribution >= 4 is 0 Å². The van der Waals surface area contributed by atoms with Crippen LogP contribution in [0.3, 0.4) is 0 Å². The second kappa shape index (κ2) is 28.3. The third-order valence-electron chi connectivity index (χ3n) is 18.3. The Hall–Kier alpha value is -8.94. The molecule has 8 aliphatic heterocycles. The molecular formula is C81H78O16. The third-order valence-corrected chi connectivity index (χ3v) is 18.3. The van der Waals surface area contributed by atoms with Gasteiger partial charge in [0.15, 0.2) is 0 Å². The van der Waals surface area contributed by atoms with Crippen LogP contribution in [0, 0.1) is 0 Å². The average molecular weight is 1310 g/mol. The van der Waals surface area contributed by atoms with Gasteiger partial charge in [-0.3, -0.25) is 0 Å². The third kappa shape index (κ3) is 16.2. The molecule has 0 saturated carbocycles. The van der Waals surface area contributed by atoms with Crippen LogP contribution in [0.1, 0.15) is 52.6 Å². The van der Waals surface area contributed by atoms with Gasteiger partial charge >= 0.3 is 0 Å². The van der Waals surface area contributed by atoms with E-state index < -0.39 is 11.8 Å². The number of epoxide rings is 8. The first kappa shape index (κ1) is 62.8. The molecule has 8 aliphatic rings. The Labute approximate surface area is 565 Å². The van der Waals surface area contributed by atoms with Crippen molar-refractivity contribution in [3.8, 4) is 90.5 Å². The van der Waals surface area contributed by atoms with E-state index in [1.807, 2.05) is 48.5 Å². The number of ether oxygens (including phenoxy) is 16. The molecule has 0 spiro atoms. The summed E-state index contributed by atoms with van der Waals surface area (Å²) in [6.45, 7) is 9.14. The van der Waals surface area contributed by atoms with Gasteiger partial charge in [-0.2, -0.15) is 0 Å². The molecule has 8 unspecified atom stereocenters. The zero-order valence-electron chi connectivity index (χ0n) is 53.1. The number of hydrogen-bond acceptors (Lipinski definition) is 16. The van der Waals surface area contributed by atoms with E-state index in [0.29, 0.717) is 79.3 Å². The summed E-state index contributed by atoms with van der Waals surface area (Å²) in [5.41, 5.74) is 13.9. The molecule has 9 aromatic rings. The molecule has 498 valence electrons. The zero-order valence-corrected chi connectivity index (χ0v) is 53.1. The molecule has 97 heavy (non-hydrogen) atoms. The molecule has 0 aliphatic carbocycles. The minimum absolute atomic E-state index is 0. The second-order valence-corrected chi connectivity index (χ2v) is 25.8. The quantitative estimate of drug-likeness (QED) is 0.0275. The average Bonchev–Trinajstić information content (AvgIpc) is 1.44. The zero-order chi connectivity index (χ0) is 63.7. The van der Waals surface area contributed by atoms with Gasteiger partial charge in [0.05, 0.1) is 52.9 Å². The Morgan fingerprint density at radius 2 is 0.402 bits per heavy atom. The van der Waals surface area contributed by atoms with E-state index in [-0.39, 0.29) is 56.3 Å². The highest BCUT2D eigenvalue weighted by Gasteiger charge is 2.34. The molecular weight excluding hydrogens is 1230 g/mol. The summed E-state index contributed by atoms with van der Waals surface area (Å²) in [6.07, 6.45) is 0.568. The number of rotatable bonds is 34. The highest BCUT2D eigenvalue weighted by molar-refractivity contribution is 5.74. The maximum atomic E-state index is 6.91. The van der Waals surface area contributed by atoms with Crippen molar-refractivity contribution in [3.63, 3.8) is 0 Å². The van der Waals surface area contributed by atoms with Crippen LogP contribution in [0.25, 0.3) is 44.5 Å². The fraction of sp³-hybridized carbons (Fsp3) is 0.333. The smallest absolute Gasteiger partial charge is 0.123 e. The van der Waals surface area contributed by atoms with Crippen LogP contribution in [-0.2, 0) is 37.9 Å². The van der Waals surface area contributed by atoms with E-state index in [2.05, 4.69) is 146 Å². The Morgan fingerprint density at radius 1 is 0.227 bits per heavy atom. The SMILES string of the molecule is C.c1cc(-c2ccc(OCC3CO3)c(C(c3ccc(C(c4cc(-c5ccc(OCC6CO6)cc5)ccc4OCC4CO4)c4cc(-c5ccc(OCC6CO6)cc5)ccc4OCC4CO4)cc3)c3cc(-c4ccc(OCC5CO5)cc4)ccc3OCC3CO3)c2)ccc1OCC1CO1. The van der Waals surface area contributed by atoms with Gasteiger partial charge in [0, 0.05) is 34.1 Å². The van der Waals surface area contributed by atoms with E-state index in [4.69, 9.17) is 75.8 Å². The predicted octanol–water partition coefficient (Wildman–Crippen LogP) is 13.6. The number of hydrogen-bond donors (Lipinski definition) is 0. The van der Waals surface area contributed by atoms with Crippen molar-refractivity contribution in [2.45, 2.75) is 68.1 Å². The molecule has 16 heteroatoms. The first-order valence-corrected chi connectivity index (χ1v) is 33.5. The van der Waals surface area contributed by atoms with E-state index >= 15 is 0 Å². The second-order valence-electron chi connectivity index (χ2n) is 25.8. The number of benzene rings is 9. The highest BCUT2D eigenvalue weighted by Crippen LogP contribution is 2.49. The van der Waals surface area contributed by atoms with Crippen molar-refractivity contribution in [3.05, 3.63) is 228 Å². The summed E-state index contributed by atoms with van der Waals surface area (Å²) in [7, 11) is 0.